The number of rotatable bonds is 3. The molecule has 0 aromatic heterocycles. The molecule has 1 aromatic carbocycles. The zero-order valence-electron chi connectivity index (χ0n) is 14.0. The number of likely N-dealkylation sites (tertiary alicyclic amines) is 1. The number of halogens is 2. The number of hydrogen-bond donors (Lipinski definition) is 0. The minimum atomic E-state index is -0.524. The molecule has 0 spiro atoms. The lowest BCUT2D eigenvalue weighted by molar-refractivity contribution is -0.0383. The minimum Gasteiger partial charge on any atom is -0.444 e. The highest BCUT2D eigenvalue weighted by atomic mass is 35.5. The van der Waals surface area contributed by atoms with Gasteiger partial charge in [0, 0.05) is 17.1 Å². The summed E-state index contributed by atoms with van der Waals surface area (Å²) in [6, 6.07) is 4.51. The number of benzene rings is 1. The first-order chi connectivity index (χ1) is 10.6. The SMILES string of the molecule is CC(C)(C)OC(=O)N1CCC(C)(OCc2ccc(Cl)cc2F)C1. The van der Waals surface area contributed by atoms with E-state index in [0.29, 0.717) is 30.1 Å². The summed E-state index contributed by atoms with van der Waals surface area (Å²) >= 11 is 5.74. The van der Waals surface area contributed by atoms with Crippen molar-refractivity contribution in [1.29, 1.82) is 0 Å². The summed E-state index contributed by atoms with van der Waals surface area (Å²) in [5, 5.41) is 0.356. The minimum absolute atomic E-state index is 0.141. The molecule has 0 N–H and O–H groups in total. The lowest BCUT2D eigenvalue weighted by Gasteiger charge is -2.27. The third-order valence-electron chi connectivity index (χ3n) is 3.68. The Hall–Kier alpha value is -1.33. The highest BCUT2D eigenvalue weighted by Crippen LogP contribution is 2.28. The van der Waals surface area contributed by atoms with Gasteiger partial charge in [-0.15, -0.1) is 0 Å². The average molecular weight is 344 g/mol. The molecule has 1 aromatic rings. The molecule has 6 heteroatoms. The Labute approximate surface area is 141 Å². The number of carbonyl (C=O) groups is 1. The van der Waals surface area contributed by atoms with Gasteiger partial charge in [0.05, 0.1) is 18.8 Å². The molecule has 4 nitrogen and oxygen atoms in total. The lowest BCUT2D eigenvalue weighted by Crippen LogP contribution is -2.39. The summed E-state index contributed by atoms with van der Waals surface area (Å²) in [7, 11) is 0. The Bertz CT molecular complexity index is 588. The van der Waals surface area contributed by atoms with Crippen molar-refractivity contribution in [3.05, 3.63) is 34.6 Å². The Kier molecular flexibility index (Phi) is 5.21. The zero-order chi connectivity index (χ0) is 17.3. The van der Waals surface area contributed by atoms with Crippen molar-refractivity contribution in [1.82, 2.24) is 4.90 Å². The largest absolute Gasteiger partial charge is 0.444 e. The van der Waals surface area contributed by atoms with Crippen molar-refractivity contribution in [3.8, 4) is 0 Å². The maximum atomic E-state index is 13.8. The van der Waals surface area contributed by atoms with Crippen LogP contribution in [0.5, 0.6) is 0 Å². The smallest absolute Gasteiger partial charge is 0.410 e. The summed E-state index contributed by atoms with van der Waals surface area (Å²) in [6.45, 7) is 8.55. The predicted octanol–water partition coefficient (Wildman–Crippen LogP) is 4.40. The van der Waals surface area contributed by atoms with Crippen LogP contribution >= 0.6 is 11.6 Å². The van der Waals surface area contributed by atoms with Gasteiger partial charge in [-0.1, -0.05) is 17.7 Å². The number of carbonyl (C=O) groups excluding carboxylic acids is 1. The van der Waals surface area contributed by atoms with E-state index in [9.17, 15) is 9.18 Å². The zero-order valence-corrected chi connectivity index (χ0v) is 14.7. The van der Waals surface area contributed by atoms with E-state index in [-0.39, 0.29) is 18.5 Å². The van der Waals surface area contributed by atoms with Gasteiger partial charge in [0.2, 0.25) is 0 Å². The van der Waals surface area contributed by atoms with Crippen molar-refractivity contribution in [2.75, 3.05) is 13.1 Å². The number of hydrogen-bond acceptors (Lipinski definition) is 3. The summed E-state index contributed by atoms with van der Waals surface area (Å²) in [4.78, 5) is 13.7. The monoisotopic (exact) mass is 343 g/mol. The van der Waals surface area contributed by atoms with Gasteiger partial charge >= 0.3 is 6.09 Å². The third-order valence-corrected chi connectivity index (χ3v) is 3.91. The number of nitrogens with zero attached hydrogens (tertiary/aromatic N) is 1. The molecule has 0 aliphatic carbocycles. The van der Waals surface area contributed by atoms with E-state index in [1.54, 1.807) is 17.0 Å². The fourth-order valence-electron chi connectivity index (χ4n) is 2.42. The van der Waals surface area contributed by atoms with Gasteiger partial charge in [0.1, 0.15) is 11.4 Å². The van der Waals surface area contributed by atoms with Crippen LogP contribution < -0.4 is 0 Å². The first-order valence-electron chi connectivity index (χ1n) is 7.64. The fourth-order valence-corrected chi connectivity index (χ4v) is 2.58. The van der Waals surface area contributed by atoms with Gasteiger partial charge in [0.15, 0.2) is 0 Å². The van der Waals surface area contributed by atoms with Crippen LogP contribution in [0.25, 0.3) is 0 Å². The molecular formula is C17H23ClFNO3. The molecule has 0 bridgehead atoms. The van der Waals surface area contributed by atoms with Crippen molar-refractivity contribution >= 4 is 17.7 Å². The highest BCUT2D eigenvalue weighted by molar-refractivity contribution is 6.30. The van der Waals surface area contributed by atoms with Crippen LogP contribution in [0, 0.1) is 5.82 Å². The Morgan fingerprint density at radius 2 is 2.13 bits per heavy atom. The molecule has 1 amide bonds. The third kappa shape index (κ3) is 5.08. The van der Waals surface area contributed by atoms with E-state index >= 15 is 0 Å². The van der Waals surface area contributed by atoms with Crippen LogP contribution in [0.15, 0.2) is 18.2 Å². The van der Waals surface area contributed by atoms with Crippen molar-refractivity contribution in [2.24, 2.45) is 0 Å². The lowest BCUT2D eigenvalue weighted by atomic mass is 10.1. The molecule has 23 heavy (non-hydrogen) atoms. The highest BCUT2D eigenvalue weighted by Gasteiger charge is 2.38. The number of amides is 1. The summed E-state index contributed by atoms with van der Waals surface area (Å²) < 4.78 is 25.0. The second kappa shape index (κ2) is 6.65. The standard InChI is InChI=1S/C17H23ClFNO3/c1-16(2,3)23-15(21)20-8-7-17(4,11-20)22-10-12-5-6-13(18)9-14(12)19/h5-6,9H,7-8,10-11H2,1-4H3. The fraction of sp³-hybridized carbons (Fsp3) is 0.588. The first kappa shape index (κ1) is 18.0. The van der Waals surface area contributed by atoms with Crippen LogP contribution in [0.1, 0.15) is 39.7 Å². The van der Waals surface area contributed by atoms with Crippen molar-refractivity contribution in [2.45, 2.75) is 51.9 Å². The summed E-state index contributed by atoms with van der Waals surface area (Å²) in [5.41, 5.74) is -0.585. The van der Waals surface area contributed by atoms with E-state index in [0.717, 1.165) is 0 Å². The normalized spacial score (nSPS) is 21.6. The van der Waals surface area contributed by atoms with Crippen LogP contribution in [0.4, 0.5) is 9.18 Å². The van der Waals surface area contributed by atoms with E-state index in [2.05, 4.69) is 0 Å². The Morgan fingerprint density at radius 1 is 1.43 bits per heavy atom. The van der Waals surface area contributed by atoms with E-state index in [1.807, 2.05) is 27.7 Å². The van der Waals surface area contributed by atoms with Crippen LogP contribution in [0.2, 0.25) is 5.02 Å². The Morgan fingerprint density at radius 3 is 2.74 bits per heavy atom. The van der Waals surface area contributed by atoms with Gasteiger partial charge < -0.3 is 14.4 Å². The van der Waals surface area contributed by atoms with E-state index < -0.39 is 11.2 Å². The van der Waals surface area contributed by atoms with Gasteiger partial charge in [-0.25, -0.2) is 9.18 Å². The summed E-state index contributed by atoms with van der Waals surface area (Å²) in [5.74, 6) is -0.386. The molecular weight excluding hydrogens is 321 g/mol. The number of ether oxygens (including phenoxy) is 2. The molecule has 2 rings (SSSR count). The second-order valence-corrected chi connectivity index (χ2v) is 7.56. The quantitative estimate of drug-likeness (QED) is 0.816. The molecule has 1 fully saturated rings. The van der Waals surface area contributed by atoms with Crippen LogP contribution in [-0.4, -0.2) is 35.3 Å². The predicted molar refractivity (Wildman–Crippen MR) is 87.0 cm³/mol. The summed E-state index contributed by atoms with van der Waals surface area (Å²) in [6.07, 6.45) is 0.337. The molecule has 1 aliphatic rings. The van der Waals surface area contributed by atoms with Gasteiger partial charge in [-0.2, -0.15) is 0 Å². The molecule has 1 unspecified atom stereocenters. The van der Waals surface area contributed by atoms with E-state index in [4.69, 9.17) is 21.1 Å². The van der Waals surface area contributed by atoms with E-state index in [1.165, 1.54) is 6.07 Å². The molecule has 128 valence electrons. The average Bonchev–Trinajstić information content (AvgIpc) is 2.79. The maximum Gasteiger partial charge on any atom is 0.410 e. The molecule has 0 radical (unpaired) electrons. The molecule has 1 saturated heterocycles. The first-order valence-corrected chi connectivity index (χ1v) is 8.02. The van der Waals surface area contributed by atoms with Crippen LogP contribution in [-0.2, 0) is 16.1 Å². The van der Waals surface area contributed by atoms with Gasteiger partial charge in [-0.3, -0.25) is 0 Å². The molecule has 1 heterocycles. The van der Waals surface area contributed by atoms with Crippen molar-refractivity contribution < 1.29 is 18.7 Å². The topological polar surface area (TPSA) is 38.8 Å². The van der Waals surface area contributed by atoms with Gasteiger partial charge in [0.25, 0.3) is 0 Å². The Balaban J connectivity index is 1.92. The maximum absolute atomic E-state index is 13.8. The molecule has 1 atom stereocenters. The van der Waals surface area contributed by atoms with Gasteiger partial charge in [-0.05, 0) is 46.2 Å². The second-order valence-electron chi connectivity index (χ2n) is 7.13. The molecule has 0 saturated carbocycles. The van der Waals surface area contributed by atoms with Crippen LogP contribution in [0.3, 0.4) is 0 Å². The van der Waals surface area contributed by atoms with Crippen molar-refractivity contribution in [3.63, 3.8) is 0 Å². The molecule has 1 aliphatic heterocycles.